The first-order chi connectivity index (χ1) is 7.35. The average molecular weight is 239 g/mol. The van der Waals surface area contributed by atoms with Crippen molar-refractivity contribution in [3.63, 3.8) is 0 Å². The van der Waals surface area contributed by atoms with E-state index in [9.17, 15) is 4.79 Å². The van der Waals surface area contributed by atoms with E-state index < -0.39 is 5.97 Å². The summed E-state index contributed by atoms with van der Waals surface area (Å²) in [7, 11) is 0. The van der Waals surface area contributed by atoms with Crippen molar-refractivity contribution in [2.24, 2.45) is 11.3 Å². The second-order valence-corrected chi connectivity index (χ2v) is 6.46. The number of carboxylic acids is 1. The van der Waals surface area contributed by atoms with Crippen molar-refractivity contribution in [3.05, 3.63) is 16.1 Å². The molecule has 1 fully saturated rings. The molecule has 0 amide bonds. The quantitative estimate of drug-likeness (QED) is 0.881. The largest absolute Gasteiger partial charge is 0.481 e. The number of thiazole rings is 1. The molecule has 0 saturated heterocycles. The molecule has 0 radical (unpaired) electrons. The van der Waals surface area contributed by atoms with Crippen molar-refractivity contribution in [3.8, 4) is 0 Å². The molecule has 3 nitrogen and oxygen atoms in total. The zero-order valence-corrected chi connectivity index (χ0v) is 10.8. The summed E-state index contributed by atoms with van der Waals surface area (Å²) in [4.78, 5) is 16.6. The summed E-state index contributed by atoms with van der Waals surface area (Å²) in [6.07, 6.45) is 1.86. The number of aliphatic carboxylic acids is 1. The minimum absolute atomic E-state index is 0.118. The van der Waals surface area contributed by atoms with Crippen molar-refractivity contribution in [1.82, 2.24) is 4.98 Å². The van der Waals surface area contributed by atoms with Crippen LogP contribution in [-0.2, 0) is 4.79 Å². The first-order valence-electron chi connectivity index (χ1n) is 5.54. The zero-order valence-electron chi connectivity index (χ0n) is 10.0. The van der Waals surface area contributed by atoms with E-state index in [-0.39, 0.29) is 17.3 Å². The molecule has 0 spiro atoms. The lowest BCUT2D eigenvalue weighted by atomic mass is 10.1. The molecule has 1 N–H and O–H groups in total. The van der Waals surface area contributed by atoms with Crippen LogP contribution in [0.3, 0.4) is 0 Å². The summed E-state index contributed by atoms with van der Waals surface area (Å²) in [5, 5.41) is 10.2. The van der Waals surface area contributed by atoms with Gasteiger partial charge >= 0.3 is 5.97 Å². The third-order valence-electron chi connectivity index (χ3n) is 3.44. The zero-order chi connectivity index (χ0) is 12.1. The molecule has 1 aromatic heterocycles. The smallest absolute Gasteiger partial charge is 0.307 e. The fourth-order valence-electron chi connectivity index (χ4n) is 2.34. The van der Waals surface area contributed by atoms with Gasteiger partial charge in [-0.2, -0.15) is 0 Å². The minimum atomic E-state index is -0.686. The van der Waals surface area contributed by atoms with Crippen molar-refractivity contribution < 1.29 is 9.90 Å². The first-order valence-corrected chi connectivity index (χ1v) is 6.35. The van der Waals surface area contributed by atoms with Crippen LogP contribution in [0.15, 0.2) is 6.20 Å². The van der Waals surface area contributed by atoms with E-state index in [1.54, 1.807) is 11.3 Å². The fourth-order valence-corrected chi connectivity index (χ4v) is 3.60. The summed E-state index contributed by atoms with van der Waals surface area (Å²) in [5.74, 6) is -0.360. The lowest BCUT2D eigenvalue weighted by Gasteiger charge is -1.98. The van der Waals surface area contributed by atoms with Gasteiger partial charge in [0.05, 0.1) is 10.9 Å². The lowest BCUT2D eigenvalue weighted by Crippen LogP contribution is -2.02. The topological polar surface area (TPSA) is 50.2 Å². The Kier molecular flexibility index (Phi) is 2.57. The molecule has 1 aliphatic carbocycles. The van der Waals surface area contributed by atoms with E-state index in [4.69, 9.17) is 5.11 Å². The van der Waals surface area contributed by atoms with Gasteiger partial charge in [0.25, 0.3) is 0 Å². The van der Waals surface area contributed by atoms with Gasteiger partial charge in [0.1, 0.15) is 0 Å². The molecular weight excluding hydrogens is 222 g/mol. The van der Waals surface area contributed by atoms with Crippen LogP contribution in [0.25, 0.3) is 0 Å². The van der Waals surface area contributed by atoms with Gasteiger partial charge in [-0.1, -0.05) is 27.7 Å². The summed E-state index contributed by atoms with van der Waals surface area (Å²) >= 11 is 1.66. The Morgan fingerprint density at radius 2 is 2.19 bits per heavy atom. The minimum Gasteiger partial charge on any atom is -0.481 e. The van der Waals surface area contributed by atoms with E-state index in [1.165, 1.54) is 0 Å². The number of carboxylic acid groups (broad SMARTS) is 1. The van der Waals surface area contributed by atoms with Gasteiger partial charge < -0.3 is 5.11 Å². The molecule has 2 unspecified atom stereocenters. The molecule has 1 aliphatic rings. The Morgan fingerprint density at radius 3 is 2.56 bits per heavy atom. The van der Waals surface area contributed by atoms with Crippen LogP contribution in [0.2, 0.25) is 0 Å². The average Bonchev–Trinajstić information content (AvgIpc) is 2.60. The number of hydrogen-bond donors (Lipinski definition) is 1. The third kappa shape index (κ3) is 1.65. The lowest BCUT2D eigenvalue weighted by molar-refractivity contribution is -0.139. The maximum absolute atomic E-state index is 11.1. The first kappa shape index (κ1) is 11.6. The normalized spacial score (nSPS) is 27.1. The van der Waals surface area contributed by atoms with Gasteiger partial charge in [-0.05, 0) is 5.41 Å². The summed E-state index contributed by atoms with van der Waals surface area (Å²) in [5.41, 5.74) is -0.118. The van der Waals surface area contributed by atoms with Gasteiger partial charge in [0.15, 0.2) is 0 Å². The third-order valence-corrected chi connectivity index (χ3v) is 4.82. The standard InChI is InChI=1S/C12H17NO2S/c1-6(2)10-13-5-7(16-10)8-9(11(14)15)12(8,3)4/h5-6,8-9H,1-4H3,(H,14,15). The van der Waals surface area contributed by atoms with Crippen LogP contribution in [-0.4, -0.2) is 16.1 Å². The SMILES string of the molecule is CC(C)c1ncc(C2C(C(=O)O)C2(C)C)s1. The molecule has 2 rings (SSSR count). The predicted octanol–water partition coefficient (Wildman–Crippen LogP) is 3.09. The Labute approximate surface area is 99.5 Å². The molecule has 4 heteroatoms. The Bertz CT molecular complexity index is 422. The van der Waals surface area contributed by atoms with Gasteiger partial charge in [-0.15, -0.1) is 11.3 Å². The monoisotopic (exact) mass is 239 g/mol. The maximum Gasteiger partial charge on any atom is 0.307 e. The molecular formula is C12H17NO2S. The molecule has 88 valence electrons. The Balaban J connectivity index is 2.23. The van der Waals surface area contributed by atoms with E-state index in [2.05, 4.69) is 18.8 Å². The number of hydrogen-bond acceptors (Lipinski definition) is 3. The van der Waals surface area contributed by atoms with Crippen LogP contribution in [0.4, 0.5) is 0 Å². The van der Waals surface area contributed by atoms with Crippen molar-refractivity contribution in [2.75, 3.05) is 0 Å². The van der Waals surface area contributed by atoms with Gasteiger partial charge in [0, 0.05) is 22.9 Å². The molecule has 0 aromatic carbocycles. The summed E-state index contributed by atoms with van der Waals surface area (Å²) < 4.78 is 0. The number of rotatable bonds is 3. The highest BCUT2D eigenvalue weighted by molar-refractivity contribution is 7.11. The molecule has 0 aliphatic heterocycles. The molecule has 0 bridgehead atoms. The van der Waals surface area contributed by atoms with E-state index in [0.29, 0.717) is 5.92 Å². The van der Waals surface area contributed by atoms with Crippen LogP contribution >= 0.6 is 11.3 Å². The van der Waals surface area contributed by atoms with Crippen molar-refractivity contribution >= 4 is 17.3 Å². The van der Waals surface area contributed by atoms with Gasteiger partial charge in [0.2, 0.25) is 0 Å². The van der Waals surface area contributed by atoms with E-state index in [1.807, 2.05) is 20.0 Å². The Morgan fingerprint density at radius 1 is 1.56 bits per heavy atom. The number of nitrogens with zero attached hydrogens (tertiary/aromatic N) is 1. The van der Waals surface area contributed by atoms with Gasteiger partial charge in [-0.3, -0.25) is 4.79 Å². The van der Waals surface area contributed by atoms with Crippen molar-refractivity contribution in [2.45, 2.75) is 39.5 Å². The highest BCUT2D eigenvalue weighted by Gasteiger charge is 2.63. The molecule has 16 heavy (non-hydrogen) atoms. The summed E-state index contributed by atoms with van der Waals surface area (Å²) in [6, 6.07) is 0. The molecule has 2 atom stereocenters. The highest BCUT2D eigenvalue weighted by atomic mass is 32.1. The van der Waals surface area contributed by atoms with Crippen LogP contribution < -0.4 is 0 Å². The van der Waals surface area contributed by atoms with Crippen LogP contribution in [0, 0.1) is 11.3 Å². The van der Waals surface area contributed by atoms with Gasteiger partial charge in [-0.25, -0.2) is 4.98 Å². The second-order valence-electron chi connectivity index (χ2n) is 5.37. The van der Waals surface area contributed by atoms with E-state index in [0.717, 1.165) is 9.88 Å². The summed E-state index contributed by atoms with van der Waals surface area (Å²) in [6.45, 7) is 8.25. The second kappa shape index (κ2) is 3.55. The van der Waals surface area contributed by atoms with Crippen LogP contribution in [0.1, 0.15) is 49.4 Å². The van der Waals surface area contributed by atoms with E-state index >= 15 is 0 Å². The molecule has 1 aromatic rings. The van der Waals surface area contributed by atoms with Crippen LogP contribution in [0.5, 0.6) is 0 Å². The predicted molar refractivity (Wildman–Crippen MR) is 63.9 cm³/mol. The number of aromatic nitrogens is 1. The molecule has 1 heterocycles. The highest BCUT2D eigenvalue weighted by Crippen LogP contribution is 2.65. The maximum atomic E-state index is 11.1. The number of carbonyl (C=O) groups is 1. The van der Waals surface area contributed by atoms with Crippen molar-refractivity contribution in [1.29, 1.82) is 0 Å². The Hall–Kier alpha value is -0.900. The molecule has 1 saturated carbocycles. The fraction of sp³-hybridized carbons (Fsp3) is 0.667.